The van der Waals surface area contributed by atoms with E-state index in [1.807, 2.05) is 36.8 Å². The Hall–Kier alpha value is -4.38. The molecule has 1 aliphatic rings. The second-order valence-electron chi connectivity index (χ2n) is 11.9. The molecule has 0 atom stereocenters. The molecule has 7 rings (SSSR count). The van der Waals surface area contributed by atoms with Crippen LogP contribution in [0.25, 0.3) is 55.8 Å². The molecule has 1 saturated heterocycles. The molecule has 6 aromatic rings. The number of fused-ring (bicyclic) bond motifs is 2. The molecule has 5 heterocycles. The monoisotopic (exact) mass is 606 g/mol. The molecule has 8 nitrogen and oxygen atoms in total. The summed E-state index contributed by atoms with van der Waals surface area (Å²) < 4.78 is 18.0. The first-order chi connectivity index (χ1) is 21.3. The lowest BCUT2D eigenvalue weighted by Crippen LogP contribution is -2.28. The third-order valence-corrected chi connectivity index (χ3v) is 9.00. The average Bonchev–Trinajstić information content (AvgIpc) is 3.64. The van der Waals surface area contributed by atoms with E-state index in [4.69, 9.17) is 4.98 Å². The van der Waals surface area contributed by atoms with Crippen LogP contribution < -0.4 is 10.0 Å². The number of halogens is 1. The molecule has 0 amide bonds. The fraction of sp³-hybridized carbons (Fsp3) is 0.235. The smallest absolute Gasteiger partial charge is 0.159 e. The van der Waals surface area contributed by atoms with Crippen LogP contribution in [-0.4, -0.2) is 61.2 Å². The lowest BCUT2D eigenvalue weighted by atomic mass is 9.91. The van der Waals surface area contributed by atoms with Gasteiger partial charge in [0.05, 0.1) is 16.7 Å². The lowest BCUT2D eigenvalue weighted by Gasteiger charge is -2.22. The van der Waals surface area contributed by atoms with Gasteiger partial charge in [-0.2, -0.15) is 14.5 Å². The fourth-order valence-electron chi connectivity index (χ4n) is 5.96. The number of pyridine rings is 2. The van der Waals surface area contributed by atoms with Crippen LogP contribution >= 0.6 is 9.39 Å². The first-order valence-electron chi connectivity index (χ1n) is 14.8. The SMILES string of the molecule is C=S(=C)(C)NCc1cc(F)cc(-c2nccc3[nH]c(-c4n[nH]c5ccc(-c6cncc(CC7CCNCC7)c6)cc45)nc23)c1. The largest absolute Gasteiger partial charge is 0.336 e. The van der Waals surface area contributed by atoms with Crippen molar-refractivity contribution in [1.82, 2.24) is 40.2 Å². The van der Waals surface area contributed by atoms with Crippen LogP contribution in [0.4, 0.5) is 4.39 Å². The Labute approximate surface area is 256 Å². The van der Waals surface area contributed by atoms with Gasteiger partial charge in [0.15, 0.2) is 5.82 Å². The van der Waals surface area contributed by atoms with Gasteiger partial charge in [0.2, 0.25) is 0 Å². The van der Waals surface area contributed by atoms with Gasteiger partial charge in [-0.1, -0.05) is 17.8 Å². The minimum absolute atomic E-state index is 0.334. The van der Waals surface area contributed by atoms with Crippen molar-refractivity contribution >= 4 is 43.1 Å². The Bertz CT molecular complexity index is 2090. The summed E-state index contributed by atoms with van der Waals surface area (Å²) in [5, 5.41) is 12.2. The van der Waals surface area contributed by atoms with Crippen molar-refractivity contribution in [2.45, 2.75) is 25.8 Å². The number of nitrogens with one attached hydrogen (secondary N) is 4. The van der Waals surface area contributed by atoms with Gasteiger partial charge < -0.3 is 10.3 Å². The predicted molar refractivity (Wildman–Crippen MR) is 181 cm³/mol. The molecule has 4 aromatic heterocycles. The van der Waals surface area contributed by atoms with Crippen LogP contribution in [0.1, 0.15) is 24.0 Å². The highest BCUT2D eigenvalue weighted by atomic mass is 32.2. The van der Waals surface area contributed by atoms with Gasteiger partial charge in [-0.15, -0.1) is 0 Å². The highest BCUT2D eigenvalue weighted by molar-refractivity contribution is 8.25. The maximum Gasteiger partial charge on any atom is 0.159 e. The lowest BCUT2D eigenvalue weighted by molar-refractivity contribution is 0.372. The molecule has 44 heavy (non-hydrogen) atoms. The van der Waals surface area contributed by atoms with E-state index in [0.29, 0.717) is 40.8 Å². The Morgan fingerprint density at radius 1 is 0.932 bits per heavy atom. The topological polar surface area (TPSA) is 107 Å². The molecule has 1 aliphatic heterocycles. The van der Waals surface area contributed by atoms with Gasteiger partial charge in [-0.05, 0) is 104 Å². The van der Waals surface area contributed by atoms with Crippen molar-refractivity contribution in [1.29, 1.82) is 0 Å². The van der Waals surface area contributed by atoms with Crippen molar-refractivity contribution in [3.63, 3.8) is 0 Å². The molecule has 0 saturated carbocycles. The molecule has 224 valence electrons. The molecule has 0 aliphatic carbocycles. The van der Waals surface area contributed by atoms with Gasteiger partial charge in [0.1, 0.15) is 17.0 Å². The Balaban J connectivity index is 1.23. The number of imidazole rings is 1. The van der Waals surface area contributed by atoms with E-state index >= 15 is 0 Å². The molecule has 0 radical (unpaired) electrons. The summed E-state index contributed by atoms with van der Waals surface area (Å²) in [5.41, 5.74) is 8.53. The molecule has 0 spiro atoms. The fourth-order valence-corrected chi connectivity index (χ4v) is 6.47. The summed E-state index contributed by atoms with van der Waals surface area (Å²) in [6.45, 7) is 2.64. The van der Waals surface area contributed by atoms with Crippen LogP contribution in [0.2, 0.25) is 0 Å². The Morgan fingerprint density at radius 3 is 2.61 bits per heavy atom. The molecule has 0 bridgehead atoms. The summed E-state index contributed by atoms with van der Waals surface area (Å²) in [7, 11) is -1.44. The van der Waals surface area contributed by atoms with E-state index in [1.54, 1.807) is 6.20 Å². The average molecular weight is 607 g/mol. The van der Waals surface area contributed by atoms with Crippen molar-refractivity contribution in [3.05, 3.63) is 84.1 Å². The minimum Gasteiger partial charge on any atom is -0.336 e. The maximum atomic E-state index is 14.7. The number of rotatable bonds is 8. The number of benzene rings is 2. The van der Waals surface area contributed by atoms with Crippen molar-refractivity contribution in [2.75, 3.05) is 19.3 Å². The maximum absolute atomic E-state index is 14.7. The van der Waals surface area contributed by atoms with Gasteiger partial charge in [-0.3, -0.25) is 19.8 Å². The van der Waals surface area contributed by atoms with Gasteiger partial charge in [0, 0.05) is 41.6 Å². The Morgan fingerprint density at radius 2 is 1.77 bits per heavy atom. The predicted octanol–water partition coefficient (Wildman–Crippen LogP) is 6.21. The Kier molecular flexibility index (Phi) is 7.49. The zero-order valence-corrected chi connectivity index (χ0v) is 25.5. The number of H-pyrrole nitrogens is 2. The summed E-state index contributed by atoms with van der Waals surface area (Å²) >= 11 is 0. The number of hydrogen-bond acceptors (Lipinski definition) is 6. The molecule has 2 aromatic carbocycles. The second-order valence-corrected chi connectivity index (χ2v) is 14.7. The van der Waals surface area contributed by atoms with Crippen molar-refractivity contribution < 1.29 is 4.39 Å². The molecule has 10 heteroatoms. The third kappa shape index (κ3) is 6.01. The number of aromatic amines is 2. The van der Waals surface area contributed by atoms with E-state index in [1.165, 1.54) is 30.5 Å². The van der Waals surface area contributed by atoms with E-state index < -0.39 is 9.39 Å². The standard InChI is InChI=1S/C34H35FN8S/c1-44(2,3)39-19-23-13-25(16-27(35)15-23)31-33-30(8-11-38-31)40-34(41-33)32-28-17-24(4-5-29(28)42-43-32)26-14-22(18-37-20-26)12-21-6-9-36-10-7-21/h4-5,8,11,13-18,20-21,36,39H,1-2,6-7,9-10,12,19H2,3H3,(H,40,41)(H,42,43). The number of nitrogens with zero attached hydrogens (tertiary/aromatic N) is 4. The highest BCUT2D eigenvalue weighted by Gasteiger charge is 2.18. The van der Waals surface area contributed by atoms with E-state index in [2.05, 4.69) is 65.1 Å². The van der Waals surface area contributed by atoms with Crippen LogP contribution in [0.3, 0.4) is 0 Å². The molecular weight excluding hydrogens is 571 g/mol. The molecule has 4 N–H and O–H groups in total. The zero-order valence-electron chi connectivity index (χ0n) is 24.7. The summed E-state index contributed by atoms with van der Waals surface area (Å²) in [5.74, 6) is 9.08. The summed E-state index contributed by atoms with van der Waals surface area (Å²) in [4.78, 5) is 17.5. The molecule has 1 fully saturated rings. The van der Waals surface area contributed by atoms with Crippen LogP contribution in [-0.2, 0) is 13.0 Å². The normalized spacial score (nSPS) is 14.5. The van der Waals surface area contributed by atoms with E-state index in [-0.39, 0.29) is 5.82 Å². The molecular formula is C34H35FN8S. The second kappa shape index (κ2) is 11.6. The van der Waals surface area contributed by atoms with Crippen molar-refractivity contribution in [2.24, 2.45) is 5.92 Å². The number of aromatic nitrogens is 6. The number of hydrogen-bond donors (Lipinski definition) is 4. The first kappa shape index (κ1) is 28.4. The summed E-state index contributed by atoms with van der Waals surface area (Å²) in [6, 6.07) is 15.3. The first-order valence-corrected chi connectivity index (χ1v) is 17.1. The van der Waals surface area contributed by atoms with Crippen LogP contribution in [0, 0.1) is 11.7 Å². The van der Waals surface area contributed by atoms with Crippen molar-refractivity contribution in [3.8, 4) is 33.9 Å². The van der Waals surface area contributed by atoms with Gasteiger partial charge >= 0.3 is 0 Å². The highest BCUT2D eigenvalue weighted by Crippen LogP contribution is 2.33. The quantitative estimate of drug-likeness (QED) is 0.153. The molecule has 0 unspecified atom stereocenters. The van der Waals surface area contributed by atoms with Gasteiger partial charge in [0.25, 0.3) is 0 Å². The zero-order chi connectivity index (χ0) is 30.3. The van der Waals surface area contributed by atoms with Crippen LogP contribution in [0.15, 0.2) is 67.1 Å². The summed E-state index contributed by atoms with van der Waals surface area (Å²) in [6.07, 6.45) is 11.0. The van der Waals surface area contributed by atoms with E-state index in [0.717, 1.165) is 52.6 Å². The van der Waals surface area contributed by atoms with Gasteiger partial charge in [-0.25, -0.2) is 9.37 Å². The van der Waals surface area contributed by atoms with Crippen LogP contribution in [0.5, 0.6) is 0 Å². The third-order valence-electron chi connectivity index (χ3n) is 8.16. The number of piperidine rings is 1. The minimum atomic E-state index is -1.44. The van der Waals surface area contributed by atoms with E-state index in [9.17, 15) is 4.39 Å².